The number of nitrogens with one attached hydrogen (secondary N) is 4. The van der Waals surface area contributed by atoms with Crippen LogP contribution in [0.15, 0.2) is 24.3 Å². The van der Waals surface area contributed by atoms with Gasteiger partial charge in [0, 0.05) is 0 Å². The van der Waals surface area contributed by atoms with Crippen LogP contribution in [0.1, 0.15) is 13.8 Å². The second-order valence-corrected chi connectivity index (χ2v) is 6.78. The van der Waals surface area contributed by atoms with Crippen molar-refractivity contribution < 1.29 is 19.1 Å². The Morgan fingerprint density at radius 2 is 1.10 bits per heavy atom. The maximum absolute atomic E-state index is 11.3. The predicted molar refractivity (Wildman–Crippen MR) is 132 cm³/mol. The van der Waals surface area contributed by atoms with Crippen LogP contribution in [-0.4, -0.2) is 46.3 Å². The quantitative estimate of drug-likeness (QED) is 0.297. The molecule has 4 N–H and O–H groups in total. The molecular weight excluding hydrogens is 518 g/mol. The number of alkyl carbamates (subject to hydrolysis) is 2. The lowest BCUT2D eigenvalue weighted by molar-refractivity contribution is 0.157. The van der Waals surface area contributed by atoms with Crippen molar-refractivity contribution in [1.82, 2.24) is 10.6 Å². The smallest absolute Gasteiger partial charge is 0.413 e. The van der Waals surface area contributed by atoms with Gasteiger partial charge in [-0.1, -0.05) is 12.1 Å². The number of carbonyl (C=O) groups excluding carboxylic acids is 2. The number of amides is 2. The van der Waals surface area contributed by atoms with Gasteiger partial charge >= 0.3 is 12.2 Å². The number of alkyl halides is 4. The first-order chi connectivity index (χ1) is 14.3. The Bertz CT molecular complexity index is 617. The first-order valence-electron chi connectivity index (χ1n) is 8.11. The Balaban J connectivity index is 0. The van der Waals surface area contributed by atoms with Gasteiger partial charge in [0.15, 0.2) is 10.2 Å². The number of anilines is 2. The molecule has 14 heteroatoms. The maximum Gasteiger partial charge on any atom is 0.413 e. The van der Waals surface area contributed by atoms with Gasteiger partial charge in [-0.3, -0.25) is 10.6 Å². The van der Waals surface area contributed by atoms with Gasteiger partial charge in [-0.2, -0.15) is 0 Å². The van der Waals surface area contributed by atoms with Crippen LogP contribution >= 0.6 is 70.8 Å². The molecule has 0 saturated heterocycles. The van der Waals surface area contributed by atoms with E-state index in [1.165, 1.54) is 0 Å². The molecule has 1 aromatic rings. The molecular formula is C16H22Cl4N4O4S2. The summed E-state index contributed by atoms with van der Waals surface area (Å²) in [6.45, 7) is 3.85. The van der Waals surface area contributed by atoms with E-state index >= 15 is 0 Å². The summed E-state index contributed by atoms with van der Waals surface area (Å²) in [5.41, 5.74) is 1.10. The minimum absolute atomic E-state index is 0.0620. The highest BCUT2D eigenvalue weighted by atomic mass is 35.5. The summed E-state index contributed by atoms with van der Waals surface area (Å²) in [5, 5.41) is 10.9. The molecule has 0 aromatic heterocycles. The van der Waals surface area contributed by atoms with Crippen molar-refractivity contribution in [3.05, 3.63) is 24.3 Å². The van der Waals surface area contributed by atoms with E-state index in [0.29, 0.717) is 11.4 Å². The molecule has 0 saturated carbocycles. The Labute approximate surface area is 206 Å². The molecule has 1 aromatic carbocycles. The second kappa shape index (κ2) is 21.0. The van der Waals surface area contributed by atoms with E-state index in [9.17, 15) is 9.59 Å². The molecule has 0 spiro atoms. The number of carbonyl (C=O) groups is 2. The number of rotatable bonds is 4. The monoisotopic (exact) mass is 538 g/mol. The first kappa shape index (κ1) is 30.9. The van der Waals surface area contributed by atoms with E-state index in [-0.39, 0.29) is 34.1 Å². The number of thiocarbonyl (C=S) groups is 2. The Morgan fingerprint density at radius 1 is 0.800 bits per heavy atom. The lowest BCUT2D eigenvalue weighted by Crippen LogP contribution is -2.36. The molecule has 0 fully saturated rings. The summed E-state index contributed by atoms with van der Waals surface area (Å²) in [4.78, 5) is 22.7. The molecule has 8 nitrogen and oxygen atoms in total. The zero-order valence-corrected chi connectivity index (χ0v) is 20.8. The van der Waals surface area contributed by atoms with Crippen molar-refractivity contribution in [2.45, 2.75) is 13.8 Å². The third kappa shape index (κ3) is 17.5. The van der Waals surface area contributed by atoms with Gasteiger partial charge in [0.25, 0.3) is 0 Å². The standard InChI is InChI=1S/C14H18N4O4S2.2CH2Cl2/c1-3-21-13(19)17-11(23)15-9-7-5-6-8-10(9)16-12(24)18-14(20)22-4-2;2*2-1-3/h5-8H,3-4H2,1-2H3,(H2,15,17,19,23)(H2,16,18,20,24);2*1H2. The molecule has 0 unspecified atom stereocenters. The number of ether oxygens (including phenoxy) is 2. The summed E-state index contributed by atoms with van der Waals surface area (Å²) in [5.74, 6) is 0. The summed E-state index contributed by atoms with van der Waals surface area (Å²) in [6, 6.07) is 6.97. The Hall–Kier alpha value is -1.30. The average Bonchev–Trinajstić information content (AvgIpc) is 2.64. The van der Waals surface area contributed by atoms with Gasteiger partial charge in [-0.25, -0.2) is 9.59 Å². The van der Waals surface area contributed by atoms with Crippen LogP contribution in [0.2, 0.25) is 0 Å². The fraction of sp³-hybridized carbons (Fsp3) is 0.375. The SMILES string of the molecule is CCOC(=O)NC(=S)Nc1ccccc1NC(=S)NC(=O)OCC.ClCCl.ClCCl. The van der Waals surface area contributed by atoms with E-state index in [1.54, 1.807) is 38.1 Å². The molecule has 0 aliphatic rings. The molecule has 0 radical (unpaired) electrons. The van der Waals surface area contributed by atoms with Crippen molar-refractivity contribution in [1.29, 1.82) is 0 Å². The van der Waals surface area contributed by atoms with E-state index in [4.69, 9.17) is 80.3 Å². The van der Waals surface area contributed by atoms with Gasteiger partial charge in [-0.05, 0) is 50.4 Å². The van der Waals surface area contributed by atoms with Crippen molar-refractivity contribution in [2.75, 3.05) is 34.5 Å². The number of halogens is 4. The summed E-state index contributed by atoms with van der Waals surface area (Å²) < 4.78 is 9.47. The largest absolute Gasteiger partial charge is 0.450 e. The van der Waals surface area contributed by atoms with Crippen LogP contribution in [0.4, 0.5) is 21.0 Å². The molecule has 170 valence electrons. The topological polar surface area (TPSA) is 101 Å². The highest BCUT2D eigenvalue weighted by molar-refractivity contribution is 7.80. The van der Waals surface area contributed by atoms with Gasteiger partial charge in [0.2, 0.25) is 0 Å². The minimum atomic E-state index is -0.653. The van der Waals surface area contributed by atoms with Crippen molar-refractivity contribution >= 4 is 105 Å². The van der Waals surface area contributed by atoms with Crippen LogP contribution in [0.5, 0.6) is 0 Å². The minimum Gasteiger partial charge on any atom is -0.450 e. The first-order valence-corrected chi connectivity index (χ1v) is 11.1. The third-order valence-corrected chi connectivity index (χ3v) is 2.81. The molecule has 0 aliphatic carbocycles. The normalized spacial score (nSPS) is 8.73. The van der Waals surface area contributed by atoms with Crippen LogP contribution < -0.4 is 21.3 Å². The molecule has 0 aliphatic heterocycles. The van der Waals surface area contributed by atoms with Gasteiger partial charge in [-0.15, -0.1) is 46.4 Å². The van der Waals surface area contributed by atoms with Gasteiger partial charge in [0.1, 0.15) is 0 Å². The van der Waals surface area contributed by atoms with Crippen LogP contribution in [0, 0.1) is 0 Å². The highest BCUT2D eigenvalue weighted by Crippen LogP contribution is 2.20. The van der Waals surface area contributed by atoms with E-state index in [2.05, 4.69) is 21.3 Å². The van der Waals surface area contributed by atoms with Crippen LogP contribution in [0.25, 0.3) is 0 Å². The van der Waals surface area contributed by atoms with Gasteiger partial charge in [0.05, 0.1) is 35.3 Å². The average molecular weight is 540 g/mol. The van der Waals surface area contributed by atoms with Crippen molar-refractivity contribution in [2.24, 2.45) is 0 Å². The molecule has 0 bridgehead atoms. The molecule has 0 heterocycles. The lowest BCUT2D eigenvalue weighted by Gasteiger charge is -2.15. The molecule has 30 heavy (non-hydrogen) atoms. The third-order valence-electron chi connectivity index (χ3n) is 2.41. The predicted octanol–water partition coefficient (Wildman–Crippen LogP) is 5.42. The van der Waals surface area contributed by atoms with E-state index in [1.807, 2.05) is 0 Å². The van der Waals surface area contributed by atoms with E-state index < -0.39 is 12.2 Å². The van der Waals surface area contributed by atoms with Gasteiger partial charge < -0.3 is 20.1 Å². The highest BCUT2D eigenvalue weighted by Gasteiger charge is 2.10. The fourth-order valence-corrected chi connectivity index (χ4v) is 1.91. The molecule has 0 atom stereocenters. The summed E-state index contributed by atoms with van der Waals surface area (Å²) in [6.07, 6.45) is -1.31. The molecule has 2 amide bonds. The summed E-state index contributed by atoms with van der Waals surface area (Å²) >= 11 is 29.1. The maximum atomic E-state index is 11.3. The Kier molecular flexibility index (Phi) is 21.6. The van der Waals surface area contributed by atoms with Crippen molar-refractivity contribution in [3.8, 4) is 0 Å². The molecule has 1 rings (SSSR count). The number of hydrogen-bond donors (Lipinski definition) is 4. The second-order valence-electron chi connectivity index (χ2n) is 4.35. The summed E-state index contributed by atoms with van der Waals surface area (Å²) in [7, 11) is 0. The van der Waals surface area contributed by atoms with Crippen LogP contribution in [0.3, 0.4) is 0 Å². The number of hydrogen-bond acceptors (Lipinski definition) is 6. The zero-order chi connectivity index (χ0) is 23.4. The number of benzene rings is 1. The Morgan fingerprint density at radius 3 is 1.37 bits per heavy atom. The fourth-order valence-electron chi connectivity index (χ4n) is 1.53. The van der Waals surface area contributed by atoms with Crippen LogP contribution in [-0.2, 0) is 9.47 Å². The zero-order valence-electron chi connectivity index (χ0n) is 16.1. The number of para-hydroxylation sites is 2. The van der Waals surface area contributed by atoms with E-state index in [0.717, 1.165) is 0 Å². The van der Waals surface area contributed by atoms with Crippen molar-refractivity contribution in [3.63, 3.8) is 0 Å². The lowest BCUT2D eigenvalue weighted by atomic mass is 10.2.